The van der Waals surface area contributed by atoms with E-state index in [0.29, 0.717) is 17.6 Å². The molecule has 0 saturated heterocycles. The van der Waals surface area contributed by atoms with Gasteiger partial charge in [0.05, 0.1) is 11.9 Å². The number of alkyl halides is 3. The van der Waals surface area contributed by atoms with Crippen LogP contribution >= 0.6 is 0 Å². The fourth-order valence-electron chi connectivity index (χ4n) is 3.02. The van der Waals surface area contributed by atoms with E-state index in [9.17, 15) is 13.2 Å². The normalized spacial score (nSPS) is 23.9. The molecular formula is C16H23F3N2. The summed E-state index contributed by atoms with van der Waals surface area (Å²) in [6.45, 7) is 4.52. The van der Waals surface area contributed by atoms with Gasteiger partial charge in [-0.25, -0.2) is 4.98 Å². The molecule has 21 heavy (non-hydrogen) atoms. The highest BCUT2D eigenvalue weighted by atomic mass is 19.4. The zero-order valence-electron chi connectivity index (χ0n) is 12.6. The van der Waals surface area contributed by atoms with E-state index in [4.69, 9.17) is 0 Å². The van der Waals surface area contributed by atoms with E-state index in [2.05, 4.69) is 24.1 Å². The summed E-state index contributed by atoms with van der Waals surface area (Å²) in [5, 5.41) is 3.33. The van der Waals surface area contributed by atoms with Crippen LogP contribution in [0.25, 0.3) is 0 Å². The average molecular weight is 300 g/mol. The first kappa shape index (κ1) is 16.1. The molecule has 0 spiro atoms. The molecule has 1 aliphatic rings. The van der Waals surface area contributed by atoms with Gasteiger partial charge in [-0.15, -0.1) is 0 Å². The van der Waals surface area contributed by atoms with E-state index in [1.165, 1.54) is 31.5 Å². The molecule has 0 bridgehead atoms. The Hall–Kier alpha value is -1.26. The third-order valence-electron chi connectivity index (χ3n) is 4.38. The molecule has 5 heteroatoms. The van der Waals surface area contributed by atoms with Crippen LogP contribution in [0.15, 0.2) is 18.3 Å². The number of nitrogens with zero attached hydrogens (tertiary/aromatic N) is 1. The van der Waals surface area contributed by atoms with Gasteiger partial charge in [0.2, 0.25) is 0 Å². The second-order valence-corrected chi connectivity index (χ2v) is 6.28. The van der Waals surface area contributed by atoms with Crippen LogP contribution in [0.2, 0.25) is 0 Å². The van der Waals surface area contributed by atoms with Crippen molar-refractivity contribution in [1.82, 2.24) is 4.98 Å². The van der Waals surface area contributed by atoms with Crippen LogP contribution in [-0.2, 0) is 6.18 Å². The van der Waals surface area contributed by atoms with Gasteiger partial charge >= 0.3 is 6.18 Å². The molecule has 0 radical (unpaired) electrons. The number of halogens is 3. The lowest BCUT2D eigenvalue weighted by molar-refractivity contribution is -0.141. The van der Waals surface area contributed by atoms with Crippen molar-refractivity contribution in [2.45, 2.75) is 58.2 Å². The Labute approximate surface area is 124 Å². The lowest BCUT2D eigenvalue weighted by atomic mass is 9.89. The van der Waals surface area contributed by atoms with Gasteiger partial charge in [-0.1, -0.05) is 26.7 Å². The molecule has 1 N–H and O–H groups in total. The van der Waals surface area contributed by atoms with Crippen LogP contribution in [0.3, 0.4) is 0 Å². The summed E-state index contributed by atoms with van der Waals surface area (Å²) in [7, 11) is 0. The maximum Gasteiger partial charge on any atom is 0.433 e. The molecule has 1 aromatic rings. The molecule has 2 rings (SSSR count). The van der Waals surface area contributed by atoms with Crippen molar-refractivity contribution < 1.29 is 13.2 Å². The quantitative estimate of drug-likeness (QED) is 0.784. The minimum atomic E-state index is -4.37. The monoisotopic (exact) mass is 300 g/mol. The van der Waals surface area contributed by atoms with E-state index >= 15 is 0 Å². The summed E-state index contributed by atoms with van der Waals surface area (Å²) in [5.41, 5.74) is -0.162. The predicted octanol–water partition coefficient (Wildman–Crippen LogP) is 5.12. The molecule has 1 heterocycles. The van der Waals surface area contributed by atoms with Gasteiger partial charge in [0.15, 0.2) is 0 Å². The zero-order chi connectivity index (χ0) is 15.5. The summed E-state index contributed by atoms with van der Waals surface area (Å²) < 4.78 is 37.4. The van der Waals surface area contributed by atoms with Crippen molar-refractivity contribution >= 4 is 5.69 Å². The summed E-state index contributed by atoms with van der Waals surface area (Å²) in [6, 6.07) is 2.85. The summed E-state index contributed by atoms with van der Waals surface area (Å²) in [6.07, 6.45) is 2.67. The van der Waals surface area contributed by atoms with Gasteiger partial charge in [0.1, 0.15) is 5.69 Å². The maximum absolute atomic E-state index is 12.5. The highest BCUT2D eigenvalue weighted by Crippen LogP contribution is 2.31. The Morgan fingerprint density at radius 2 is 1.90 bits per heavy atom. The van der Waals surface area contributed by atoms with Crippen molar-refractivity contribution in [3.8, 4) is 0 Å². The van der Waals surface area contributed by atoms with Gasteiger partial charge in [0, 0.05) is 6.04 Å². The largest absolute Gasteiger partial charge is 0.433 e. The zero-order valence-corrected chi connectivity index (χ0v) is 12.6. The van der Waals surface area contributed by atoms with Crippen LogP contribution in [0.4, 0.5) is 18.9 Å². The number of hydrogen-bond acceptors (Lipinski definition) is 2. The molecule has 1 aromatic heterocycles. The summed E-state index contributed by atoms with van der Waals surface area (Å²) in [4.78, 5) is 3.49. The smallest absolute Gasteiger partial charge is 0.381 e. The van der Waals surface area contributed by atoms with Gasteiger partial charge in [-0.2, -0.15) is 13.2 Å². The fourth-order valence-corrected chi connectivity index (χ4v) is 3.02. The third-order valence-corrected chi connectivity index (χ3v) is 4.38. The van der Waals surface area contributed by atoms with Gasteiger partial charge in [-0.3, -0.25) is 0 Å². The molecule has 1 fully saturated rings. The second kappa shape index (κ2) is 6.67. The topological polar surface area (TPSA) is 24.9 Å². The van der Waals surface area contributed by atoms with Crippen molar-refractivity contribution in [2.75, 3.05) is 5.32 Å². The minimum absolute atomic E-state index is 0.340. The fraction of sp³-hybridized carbons (Fsp3) is 0.688. The molecule has 118 valence electrons. The Morgan fingerprint density at radius 1 is 1.14 bits per heavy atom. The minimum Gasteiger partial charge on any atom is -0.381 e. The van der Waals surface area contributed by atoms with E-state index < -0.39 is 11.9 Å². The molecule has 0 aromatic carbocycles. The molecule has 1 aliphatic carbocycles. The molecule has 2 unspecified atom stereocenters. The first-order valence-corrected chi connectivity index (χ1v) is 7.66. The van der Waals surface area contributed by atoms with E-state index in [-0.39, 0.29) is 0 Å². The van der Waals surface area contributed by atoms with Crippen molar-refractivity contribution in [3.05, 3.63) is 24.0 Å². The van der Waals surface area contributed by atoms with Crippen molar-refractivity contribution in [3.63, 3.8) is 0 Å². The van der Waals surface area contributed by atoms with Gasteiger partial charge in [-0.05, 0) is 43.2 Å². The number of rotatable bonds is 3. The number of pyridine rings is 1. The Bertz CT molecular complexity index is 440. The number of nitrogens with one attached hydrogen (secondary N) is 1. The number of anilines is 1. The maximum atomic E-state index is 12.5. The van der Waals surface area contributed by atoms with Crippen LogP contribution in [-0.4, -0.2) is 11.0 Å². The van der Waals surface area contributed by atoms with Crippen molar-refractivity contribution in [1.29, 1.82) is 0 Å². The van der Waals surface area contributed by atoms with E-state index in [0.717, 1.165) is 24.8 Å². The summed E-state index contributed by atoms with van der Waals surface area (Å²) >= 11 is 0. The molecular weight excluding hydrogens is 277 g/mol. The average Bonchev–Trinajstić information content (AvgIpc) is 2.64. The van der Waals surface area contributed by atoms with Crippen molar-refractivity contribution in [2.24, 2.45) is 11.8 Å². The standard InChI is InChI=1S/C16H23F3N2/c1-11(2)12-4-3-5-13(7-6-12)21-14-8-9-15(20-10-14)16(17,18)19/h8-13,21H,3-7H2,1-2H3. The SMILES string of the molecule is CC(C)C1CCCC(Nc2ccc(C(F)(F)F)nc2)CC1. The van der Waals surface area contributed by atoms with Gasteiger partial charge in [0.25, 0.3) is 0 Å². The van der Waals surface area contributed by atoms with Crippen LogP contribution in [0.5, 0.6) is 0 Å². The Morgan fingerprint density at radius 3 is 2.48 bits per heavy atom. The Kier molecular flexibility index (Phi) is 5.12. The molecule has 1 saturated carbocycles. The molecule has 0 aliphatic heterocycles. The van der Waals surface area contributed by atoms with E-state index in [1.54, 1.807) is 0 Å². The second-order valence-electron chi connectivity index (χ2n) is 6.28. The lowest BCUT2D eigenvalue weighted by Gasteiger charge is -2.19. The predicted molar refractivity (Wildman–Crippen MR) is 78.1 cm³/mol. The van der Waals surface area contributed by atoms with E-state index in [1.807, 2.05) is 0 Å². The van der Waals surface area contributed by atoms with Gasteiger partial charge < -0.3 is 5.32 Å². The third kappa shape index (κ3) is 4.61. The summed E-state index contributed by atoms with van der Waals surface area (Å²) in [5.74, 6) is 1.47. The van der Waals surface area contributed by atoms with Crippen LogP contribution < -0.4 is 5.32 Å². The first-order valence-electron chi connectivity index (χ1n) is 7.66. The van der Waals surface area contributed by atoms with Crippen LogP contribution in [0, 0.1) is 11.8 Å². The molecule has 2 atom stereocenters. The number of aromatic nitrogens is 1. The number of hydrogen-bond donors (Lipinski definition) is 1. The lowest BCUT2D eigenvalue weighted by Crippen LogP contribution is -2.19. The highest BCUT2D eigenvalue weighted by molar-refractivity contribution is 5.42. The van der Waals surface area contributed by atoms with Crippen LogP contribution in [0.1, 0.15) is 51.6 Å². The molecule has 0 amide bonds. The highest BCUT2D eigenvalue weighted by Gasteiger charge is 2.32. The Balaban J connectivity index is 1.93. The molecule has 2 nitrogen and oxygen atoms in total. The first-order chi connectivity index (χ1) is 9.86.